The molecule has 1 aromatic rings. The molecule has 0 radical (unpaired) electrons. The predicted molar refractivity (Wildman–Crippen MR) is 83.1 cm³/mol. The number of hydrogen-bond acceptors (Lipinski definition) is 4. The van der Waals surface area contributed by atoms with E-state index >= 15 is 0 Å². The first kappa shape index (κ1) is 15.0. The van der Waals surface area contributed by atoms with Crippen molar-refractivity contribution >= 4 is 0 Å². The van der Waals surface area contributed by atoms with Gasteiger partial charge in [0.05, 0.1) is 6.61 Å². The quantitative estimate of drug-likeness (QED) is 0.860. The van der Waals surface area contributed by atoms with Crippen molar-refractivity contribution in [1.29, 1.82) is 0 Å². The lowest BCUT2D eigenvalue weighted by atomic mass is 10.00. The van der Waals surface area contributed by atoms with Gasteiger partial charge in [0.2, 0.25) is 0 Å². The number of ether oxygens (including phenoxy) is 1. The van der Waals surface area contributed by atoms with Gasteiger partial charge in [-0.3, -0.25) is 4.90 Å². The molecule has 0 bridgehead atoms. The number of piperidine rings is 1. The van der Waals surface area contributed by atoms with Crippen molar-refractivity contribution in [3.8, 4) is 0 Å². The summed E-state index contributed by atoms with van der Waals surface area (Å²) < 4.78 is 5.29. The summed E-state index contributed by atoms with van der Waals surface area (Å²) in [6, 6.07) is 11.2. The molecule has 0 saturated carbocycles. The summed E-state index contributed by atoms with van der Waals surface area (Å²) in [7, 11) is 0. The molecule has 1 atom stereocenters. The van der Waals surface area contributed by atoms with Gasteiger partial charge in [0, 0.05) is 32.2 Å². The van der Waals surface area contributed by atoms with Gasteiger partial charge in [-0.2, -0.15) is 0 Å². The highest BCUT2D eigenvalue weighted by molar-refractivity contribution is 5.14. The zero-order chi connectivity index (χ0) is 14.5. The Kier molecular flexibility index (Phi) is 4.91. The highest BCUT2D eigenvalue weighted by Gasteiger charge is 2.33. The van der Waals surface area contributed by atoms with Gasteiger partial charge in [0.1, 0.15) is 5.60 Å². The van der Waals surface area contributed by atoms with Crippen LogP contribution in [0.25, 0.3) is 0 Å². The molecule has 2 heterocycles. The van der Waals surface area contributed by atoms with Crippen LogP contribution in [0.1, 0.15) is 24.8 Å². The van der Waals surface area contributed by atoms with Crippen LogP contribution in [-0.2, 0) is 11.3 Å². The van der Waals surface area contributed by atoms with E-state index in [-0.39, 0.29) is 0 Å². The molecular formula is C17H26N2O2. The summed E-state index contributed by atoms with van der Waals surface area (Å²) in [5, 5.41) is 13.8. The maximum absolute atomic E-state index is 10.3. The van der Waals surface area contributed by atoms with E-state index in [0.29, 0.717) is 25.8 Å². The Morgan fingerprint density at radius 2 is 2.00 bits per heavy atom. The molecule has 2 aliphatic rings. The van der Waals surface area contributed by atoms with Gasteiger partial charge in [-0.25, -0.2) is 0 Å². The Morgan fingerprint density at radius 1 is 1.24 bits per heavy atom. The van der Waals surface area contributed by atoms with Crippen LogP contribution in [0.5, 0.6) is 0 Å². The summed E-state index contributed by atoms with van der Waals surface area (Å²) in [6.45, 7) is 5.13. The molecule has 0 aliphatic carbocycles. The molecule has 4 heteroatoms. The molecule has 21 heavy (non-hydrogen) atoms. The number of nitrogens with zero attached hydrogens (tertiary/aromatic N) is 1. The summed E-state index contributed by atoms with van der Waals surface area (Å²) >= 11 is 0. The number of aliphatic hydroxyl groups is 1. The van der Waals surface area contributed by atoms with E-state index in [9.17, 15) is 5.11 Å². The third-order valence-electron chi connectivity index (χ3n) is 4.64. The van der Waals surface area contributed by atoms with Crippen molar-refractivity contribution in [1.82, 2.24) is 10.2 Å². The van der Waals surface area contributed by atoms with Gasteiger partial charge in [0.15, 0.2) is 0 Å². The molecule has 0 spiro atoms. The van der Waals surface area contributed by atoms with E-state index in [4.69, 9.17) is 4.74 Å². The fourth-order valence-corrected chi connectivity index (χ4v) is 3.21. The minimum Gasteiger partial charge on any atom is -0.386 e. The minimum absolute atomic E-state index is 0.479. The minimum atomic E-state index is -0.638. The predicted octanol–water partition coefficient (Wildman–Crippen LogP) is 1.39. The number of hydrogen-bond donors (Lipinski definition) is 2. The van der Waals surface area contributed by atoms with Crippen LogP contribution in [0.3, 0.4) is 0 Å². The Labute approximate surface area is 127 Å². The van der Waals surface area contributed by atoms with Gasteiger partial charge < -0.3 is 15.2 Å². The molecule has 116 valence electrons. The van der Waals surface area contributed by atoms with Crippen molar-refractivity contribution in [3.05, 3.63) is 35.9 Å². The second-order valence-corrected chi connectivity index (χ2v) is 6.44. The van der Waals surface area contributed by atoms with E-state index in [0.717, 1.165) is 38.9 Å². The van der Waals surface area contributed by atoms with E-state index in [2.05, 4.69) is 40.5 Å². The second kappa shape index (κ2) is 6.88. The average Bonchev–Trinajstić information content (AvgIpc) is 2.95. The first-order chi connectivity index (χ1) is 10.2. The van der Waals surface area contributed by atoms with Gasteiger partial charge in [-0.05, 0) is 31.5 Å². The van der Waals surface area contributed by atoms with Crippen LogP contribution in [-0.4, -0.2) is 54.5 Å². The molecule has 1 aromatic carbocycles. The lowest BCUT2D eigenvalue weighted by Gasteiger charge is -2.34. The molecule has 4 nitrogen and oxygen atoms in total. The van der Waals surface area contributed by atoms with Gasteiger partial charge >= 0.3 is 0 Å². The van der Waals surface area contributed by atoms with Crippen molar-refractivity contribution in [2.75, 3.05) is 32.8 Å². The first-order valence-corrected chi connectivity index (χ1v) is 8.03. The number of rotatable bonds is 5. The van der Waals surface area contributed by atoms with Crippen LogP contribution in [0.2, 0.25) is 0 Å². The highest BCUT2D eigenvalue weighted by Crippen LogP contribution is 2.19. The monoisotopic (exact) mass is 290 g/mol. The lowest BCUT2D eigenvalue weighted by Crippen LogP contribution is -2.48. The second-order valence-electron chi connectivity index (χ2n) is 6.44. The molecule has 3 rings (SSSR count). The number of nitrogens with one attached hydrogen (secondary N) is 1. The summed E-state index contributed by atoms with van der Waals surface area (Å²) in [6.07, 6.45) is 3.07. The molecule has 2 fully saturated rings. The van der Waals surface area contributed by atoms with Crippen LogP contribution in [0.4, 0.5) is 0 Å². The van der Waals surface area contributed by atoms with E-state index < -0.39 is 5.60 Å². The van der Waals surface area contributed by atoms with Gasteiger partial charge in [-0.1, -0.05) is 30.3 Å². The largest absolute Gasteiger partial charge is 0.386 e. The first-order valence-electron chi connectivity index (χ1n) is 8.03. The van der Waals surface area contributed by atoms with Crippen molar-refractivity contribution in [2.24, 2.45) is 0 Å². The molecule has 2 saturated heterocycles. The summed E-state index contributed by atoms with van der Waals surface area (Å²) in [5.74, 6) is 0. The zero-order valence-corrected chi connectivity index (χ0v) is 12.6. The zero-order valence-electron chi connectivity index (χ0n) is 12.6. The van der Waals surface area contributed by atoms with Crippen molar-refractivity contribution < 1.29 is 9.84 Å². The fraction of sp³-hybridized carbons (Fsp3) is 0.647. The van der Waals surface area contributed by atoms with Crippen LogP contribution in [0, 0.1) is 0 Å². The molecule has 2 aliphatic heterocycles. The van der Waals surface area contributed by atoms with Crippen LogP contribution >= 0.6 is 0 Å². The standard InChI is InChI=1S/C17H26N2O2/c20-17(8-11-21-14-17)13-18-16-6-9-19(10-7-16)12-15-4-2-1-3-5-15/h1-5,16,18,20H,6-14H2. The lowest BCUT2D eigenvalue weighted by molar-refractivity contribution is 0.0225. The van der Waals surface area contributed by atoms with Gasteiger partial charge in [0.25, 0.3) is 0 Å². The normalized spacial score (nSPS) is 28.0. The summed E-state index contributed by atoms with van der Waals surface area (Å²) in [5.41, 5.74) is 0.752. The van der Waals surface area contributed by atoms with E-state index in [1.165, 1.54) is 5.56 Å². The average molecular weight is 290 g/mol. The molecule has 2 N–H and O–H groups in total. The maximum atomic E-state index is 10.3. The number of benzene rings is 1. The van der Waals surface area contributed by atoms with Crippen LogP contribution < -0.4 is 5.32 Å². The van der Waals surface area contributed by atoms with E-state index in [1.807, 2.05) is 0 Å². The van der Waals surface area contributed by atoms with Crippen molar-refractivity contribution in [2.45, 2.75) is 37.5 Å². The fourth-order valence-electron chi connectivity index (χ4n) is 3.21. The third-order valence-corrected chi connectivity index (χ3v) is 4.64. The van der Waals surface area contributed by atoms with Gasteiger partial charge in [-0.15, -0.1) is 0 Å². The third kappa shape index (κ3) is 4.27. The molecular weight excluding hydrogens is 264 g/mol. The Balaban J connectivity index is 1.39. The van der Waals surface area contributed by atoms with Crippen LogP contribution in [0.15, 0.2) is 30.3 Å². The topological polar surface area (TPSA) is 44.7 Å². The summed E-state index contributed by atoms with van der Waals surface area (Å²) in [4.78, 5) is 2.51. The van der Waals surface area contributed by atoms with E-state index in [1.54, 1.807) is 0 Å². The number of likely N-dealkylation sites (tertiary alicyclic amines) is 1. The highest BCUT2D eigenvalue weighted by atomic mass is 16.5. The smallest absolute Gasteiger partial charge is 0.102 e. The Bertz CT molecular complexity index is 424. The SMILES string of the molecule is OC1(CNC2CCN(Cc3ccccc3)CC2)CCOC1. The molecule has 1 unspecified atom stereocenters. The maximum Gasteiger partial charge on any atom is 0.102 e. The van der Waals surface area contributed by atoms with Crippen molar-refractivity contribution in [3.63, 3.8) is 0 Å². The Morgan fingerprint density at radius 3 is 2.67 bits per heavy atom. The molecule has 0 amide bonds. The Hall–Kier alpha value is -0.940. The molecule has 0 aromatic heterocycles.